The lowest BCUT2D eigenvalue weighted by molar-refractivity contribution is 0.394. The minimum atomic E-state index is -3.05. The molecule has 134 valence electrons. The van der Waals surface area contributed by atoms with Crippen LogP contribution in [0.4, 0.5) is 0 Å². The van der Waals surface area contributed by atoms with Gasteiger partial charge >= 0.3 is 0 Å². The van der Waals surface area contributed by atoms with Gasteiger partial charge in [-0.1, -0.05) is 18.2 Å². The van der Waals surface area contributed by atoms with Gasteiger partial charge in [-0.15, -0.1) is 0 Å². The van der Waals surface area contributed by atoms with Crippen molar-refractivity contribution >= 4 is 16.0 Å². The zero-order valence-electron chi connectivity index (χ0n) is 14.5. The number of rotatable bonds is 6. The van der Waals surface area contributed by atoms with Gasteiger partial charge in [-0.05, 0) is 12.5 Å². The molecule has 0 aliphatic carbocycles. The first-order valence-corrected chi connectivity index (χ1v) is 9.60. The Balaban J connectivity index is 1.89. The van der Waals surface area contributed by atoms with Crippen molar-refractivity contribution in [2.45, 2.75) is 13.0 Å². The van der Waals surface area contributed by atoms with E-state index in [2.05, 4.69) is 10.3 Å². The number of sulfonamides is 1. The number of nitrogens with one attached hydrogen (secondary N) is 1. The van der Waals surface area contributed by atoms with E-state index >= 15 is 0 Å². The summed E-state index contributed by atoms with van der Waals surface area (Å²) in [5.74, 6) is 1.82. The van der Waals surface area contributed by atoms with Crippen LogP contribution in [0.25, 0.3) is 0 Å². The molecule has 1 saturated heterocycles. The summed E-state index contributed by atoms with van der Waals surface area (Å²) in [4.78, 5) is 6.25. The van der Waals surface area contributed by atoms with Crippen LogP contribution >= 0.6 is 0 Å². The Hall–Kier alpha value is -1.80. The average molecular weight is 354 g/mol. The summed E-state index contributed by atoms with van der Waals surface area (Å²) >= 11 is 0. The summed E-state index contributed by atoms with van der Waals surface area (Å²) in [6.45, 7) is 2.25. The molecule has 8 heteroatoms. The Bertz CT molecular complexity index is 676. The number of hydrogen-bond acceptors (Lipinski definition) is 4. The Kier molecular flexibility index (Phi) is 6.44. The van der Waals surface area contributed by atoms with E-state index in [4.69, 9.17) is 4.74 Å². The number of methoxy groups -OCH3 is 1. The third kappa shape index (κ3) is 4.61. The molecule has 0 aromatic heterocycles. The molecule has 1 aliphatic heterocycles. The Labute approximate surface area is 144 Å². The number of guanidine groups is 1. The van der Waals surface area contributed by atoms with Crippen molar-refractivity contribution in [3.63, 3.8) is 0 Å². The van der Waals surface area contributed by atoms with E-state index in [1.54, 1.807) is 14.2 Å². The van der Waals surface area contributed by atoms with Crippen LogP contribution in [-0.2, 0) is 16.6 Å². The van der Waals surface area contributed by atoms with Crippen molar-refractivity contribution in [1.29, 1.82) is 0 Å². The van der Waals surface area contributed by atoms with E-state index in [0.717, 1.165) is 17.3 Å². The molecular formula is C16H26N4O3S. The summed E-state index contributed by atoms with van der Waals surface area (Å²) in [7, 11) is 2.26. The number of hydrogen-bond donors (Lipinski definition) is 1. The maximum atomic E-state index is 11.8. The van der Waals surface area contributed by atoms with Crippen LogP contribution in [0.1, 0.15) is 12.0 Å². The number of nitrogens with zero attached hydrogens (tertiary/aromatic N) is 3. The van der Waals surface area contributed by atoms with Gasteiger partial charge in [-0.2, -0.15) is 0 Å². The maximum Gasteiger partial charge on any atom is 0.214 e. The lowest BCUT2D eigenvalue weighted by Gasteiger charge is -2.24. The summed E-state index contributed by atoms with van der Waals surface area (Å²) in [6.07, 6.45) is 0.713. The summed E-state index contributed by atoms with van der Waals surface area (Å²) in [5, 5.41) is 3.22. The first-order valence-electron chi connectivity index (χ1n) is 7.99. The Morgan fingerprint density at radius 2 is 2.17 bits per heavy atom. The van der Waals surface area contributed by atoms with E-state index in [1.165, 1.54) is 4.31 Å². The molecule has 1 fully saturated rings. The minimum Gasteiger partial charge on any atom is -0.496 e. The lowest BCUT2D eigenvalue weighted by Crippen LogP contribution is -2.42. The van der Waals surface area contributed by atoms with Crippen molar-refractivity contribution in [2.24, 2.45) is 4.99 Å². The van der Waals surface area contributed by atoms with Gasteiger partial charge in [0.15, 0.2) is 5.96 Å². The van der Waals surface area contributed by atoms with Gasteiger partial charge in [0.25, 0.3) is 0 Å². The van der Waals surface area contributed by atoms with E-state index in [-0.39, 0.29) is 5.75 Å². The van der Waals surface area contributed by atoms with Gasteiger partial charge in [-0.25, -0.2) is 12.7 Å². The molecule has 2 rings (SSSR count). The molecule has 24 heavy (non-hydrogen) atoms. The predicted molar refractivity (Wildman–Crippen MR) is 95.8 cm³/mol. The van der Waals surface area contributed by atoms with Gasteiger partial charge in [-0.3, -0.25) is 4.99 Å². The number of benzene rings is 1. The molecule has 0 bridgehead atoms. The molecule has 0 unspecified atom stereocenters. The highest BCUT2D eigenvalue weighted by molar-refractivity contribution is 7.89. The molecule has 1 heterocycles. The normalized spacial score (nSPS) is 17.7. The van der Waals surface area contributed by atoms with Crippen LogP contribution in [0.3, 0.4) is 0 Å². The fourth-order valence-corrected chi connectivity index (χ4v) is 4.31. The van der Waals surface area contributed by atoms with Crippen molar-refractivity contribution in [2.75, 3.05) is 46.6 Å². The number of ether oxygens (including phenoxy) is 1. The van der Waals surface area contributed by atoms with E-state index in [1.807, 2.05) is 36.2 Å². The fraction of sp³-hybridized carbons (Fsp3) is 0.562. The largest absolute Gasteiger partial charge is 0.496 e. The monoisotopic (exact) mass is 354 g/mol. The molecule has 1 N–H and O–H groups in total. The van der Waals surface area contributed by atoms with Crippen LogP contribution < -0.4 is 10.1 Å². The van der Waals surface area contributed by atoms with Crippen LogP contribution in [0.2, 0.25) is 0 Å². The molecule has 1 aromatic carbocycles. The highest BCUT2D eigenvalue weighted by Crippen LogP contribution is 2.18. The number of para-hydroxylation sites is 1. The molecule has 7 nitrogen and oxygen atoms in total. The third-order valence-corrected chi connectivity index (χ3v) is 5.98. The third-order valence-electron chi connectivity index (χ3n) is 4.02. The lowest BCUT2D eigenvalue weighted by atomic mass is 10.2. The van der Waals surface area contributed by atoms with E-state index in [9.17, 15) is 8.42 Å². The van der Waals surface area contributed by atoms with Crippen molar-refractivity contribution in [1.82, 2.24) is 14.5 Å². The fourth-order valence-electron chi connectivity index (χ4n) is 2.78. The second kappa shape index (κ2) is 8.34. The van der Waals surface area contributed by atoms with Crippen LogP contribution in [-0.4, -0.2) is 70.2 Å². The quantitative estimate of drug-likeness (QED) is 0.602. The number of aliphatic imine (C=N–C) groups is 1. The molecule has 0 atom stereocenters. The zero-order valence-corrected chi connectivity index (χ0v) is 15.3. The summed E-state index contributed by atoms with van der Waals surface area (Å²) in [5.41, 5.74) is 1.06. The molecule has 1 aliphatic rings. The molecular weight excluding hydrogens is 328 g/mol. The van der Waals surface area contributed by atoms with E-state index in [0.29, 0.717) is 32.6 Å². The van der Waals surface area contributed by atoms with Crippen molar-refractivity contribution in [3.8, 4) is 5.75 Å². The second-order valence-electron chi connectivity index (χ2n) is 5.71. The highest BCUT2D eigenvalue weighted by atomic mass is 32.2. The van der Waals surface area contributed by atoms with Gasteiger partial charge in [0.1, 0.15) is 5.75 Å². The highest BCUT2D eigenvalue weighted by Gasteiger charge is 2.27. The average Bonchev–Trinajstić information content (AvgIpc) is 2.90. The van der Waals surface area contributed by atoms with Crippen molar-refractivity contribution < 1.29 is 13.2 Å². The molecule has 0 amide bonds. The van der Waals surface area contributed by atoms with Gasteiger partial charge in [0.2, 0.25) is 10.0 Å². The second-order valence-corrected chi connectivity index (χ2v) is 7.80. The minimum absolute atomic E-state index is 0.259. The van der Waals surface area contributed by atoms with Gasteiger partial charge < -0.3 is 15.0 Å². The topological polar surface area (TPSA) is 74.2 Å². The van der Waals surface area contributed by atoms with Crippen LogP contribution in [0, 0.1) is 0 Å². The zero-order chi connectivity index (χ0) is 17.6. The standard InChI is InChI=1S/C16H26N4O3S/c1-17-16(18-9-11-20-10-6-12-24(20,21)22)19(2)13-14-7-4-5-8-15(14)23-3/h4-5,7-8H,6,9-13H2,1-3H3,(H,17,18). The van der Waals surface area contributed by atoms with E-state index < -0.39 is 10.0 Å². The van der Waals surface area contributed by atoms with Gasteiger partial charge in [0.05, 0.1) is 12.9 Å². The predicted octanol–water partition coefficient (Wildman–Crippen LogP) is 0.738. The first-order chi connectivity index (χ1) is 11.5. The van der Waals surface area contributed by atoms with Crippen LogP contribution in [0.5, 0.6) is 5.75 Å². The Morgan fingerprint density at radius 3 is 2.79 bits per heavy atom. The molecule has 1 aromatic rings. The van der Waals surface area contributed by atoms with Crippen molar-refractivity contribution in [3.05, 3.63) is 29.8 Å². The summed E-state index contributed by atoms with van der Waals surface area (Å²) in [6, 6.07) is 7.85. The first kappa shape index (κ1) is 18.5. The molecule has 0 saturated carbocycles. The SMILES string of the molecule is CN=C(NCCN1CCCS1(=O)=O)N(C)Cc1ccccc1OC. The van der Waals surface area contributed by atoms with Crippen LogP contribution in [0.15, 0.2) is 29.3 Å². The summed E-state index contributed by atoms with van der Waals surface area (Å²) < 4.78 is 30.5. The van der Waals surface area contributed by atoms with Gasteiger partial charge in [0, 0.05) is 45.8 Å². The molecule has 0 spiro atoms. The smallest absolute Gasteiger partial charge is 0.214 e. The molecule has 0 radical (unpaired) electrons. The maximum absolute atomic E-state index is 11.8. The Morgan fingerprint density at radius 1 is 1.42 bits per heavy atom.